The Kier molecular flexibility index (Phi) is 7.08. The number of amides is 1. The topological polar surface area (TPSA) is 50.7 Å². The molecule has 0 aromatic heterocycles. The zero-order chi connectivity index (χ0) is 20.6. The Hall–Kier alpha value is -3.06. The van der Waals surface area contributed by atoms with Crippen molar-refractivity contribution in [3.63, 3.8) is 0 Å². The molecule has 0 aliphatic heterocycles. The van der Waals surface area contributed by atoms with E-state index in [9.17, 15) is 13.6 Å². The maximum absolute atomic E-state index is 13.7. The number of nitrogens with one attached hydrogen (secondary N) is 1. The Bertz CT molecular complexity index is 1020. The molecule has 4 nitrogen and oxygen atoms in total. The number of ether oxygens (including phenoxy) is 1. The third-order valence-electron chi connectivity index (χ3n) is 3.98. The number of hydrogen-bond acceptors (Lipinski definition) is 3. The normalized spacial score (nSPS) is 10.9. The van der Waals surface area contributed by atoms with Gasteiger partial charge < -0.3 is 4.74 Å². The van der Waals surface area contributed by atoms with Crippen molar-refractivity contribution >= 4 is 28.1 Å². The molecule has 0 heterocycles. The Morgan fingerprint density at radius 2 is 1.83 bits per heavy atom. The maximum Gasteiger partial charge on any atom is 0.244 e. The number of rotatable bonds is 7. The minimum atomic E-state index is -0.348. The summed E-state index contributed by atoms with van der Waals surface area (Å²) in [6.45, 7) is 0.109. The van der Waals surface area contributed by atoms with Gasteiger partial charge in [-0.2, -0.15) is 5.10 Å². The van der Waals surface area contributed by atoms with Crippen molar-refractivity contribution in [1.29, 1.82) is 0 Å². The van der Waals surface area contributed by atoms with E-state index >= 15 is 0 Å². The Labute approximate surface area is 175 Å². The third kappa shape index (κ3) is 6.22. The van der Waals surface area contributed by atoms with Gasteiger partial charge in [0.1, 0.15) is 24.0 Å². The average Bonchev–Trinajstić information content (AvgIpc) is 2.70. The van der Waals surface area contributed by atoms with Crippen molar-refractivity contribution in [2.45, 2.75) is 13.0 Å². The highest BCUT2D eigenvalue weighted by molar-refractivity contribution is 9.10. The zero-order valence-corrected chi connectivity index (χ0v) is 16.8. The fourth-order valence-electron chi connectivity index (χ4n) is 2.49. The molecule has 3 aromatic rings. The van der Waals surface area contributed by atoms with Gasteiger partial charge in [-0.1, -0.05) is 30.3 Å². The lowest BCUT2D eigenvalue weighted by Crippen LogP contribution is -2.19. The number of hydrazone groups is 1. The summed E-state index contributed by atoms with van der Waals surface area (Å²) in [6.07, 6.45) is 1.60. The second-order valence-corrected chi connectivity index (χ2v) is 7.02. The lowest BCUT2D eigenvalue weighted by molar-refractivity contribution is -0.120. The summed E-state index contributed by atoms with van der Waals surface area (Å²) in [7, 11) is 0. The van der Waals surface area contributed by atoms with E-state index in [1.807, 2.05) is 0 Å². The molecule has 1 amide bonds. The standard InChI is InChI=1S/C22H17BrF2N2O2/c23-19-11-16(7-10-21(19)29-14-17-3-1-2-4-20(17)25)13-26-27-22(28)12-15-5-8-18(24)9-6-15/h1-11,13H,12,14H2,(H,27,28)/b26-13+. The quantitative estimate of drug-likeness (QED) is 0.400. The van der Waals surface area contributed by atoms with Gasteiger partial charge in [-0.05, 0) is 63.5 Å². The molecule has 29 heavy (non-hydrogen) atoms. The highest BCUT2D eigenvalue weighted by atomic mass is 79.9. The molecule has 0 radical (unpaired) electrons. The van der Waals surface area contributed by atoms with Crippen molar-refractivity contribution in [1.82, 2.24) is 5.43 Å². The molecule has 0 unspecified atom stereocenters. The van der Waals surface area contributed by atoms with Gasteiger partial charge in [0.15, 0.2) is 0 Å². The average molecular weight is 459 g/mol. The number of carbonyl (C=O) groups is 1. The predicted molar refractivity (Wildman–Crippen MR) is 111 cm³/mol. The number of nitrogens with zero attached hydrogens (tertiary/aromatic N) is 1. The van der Waals surface area contributed by atoms with Crippen LogP contribution in [0.15, 0.2) is 76.3 Å². The fraction of sp³-hybridized carbons (Fsp3) is 0.0909. The van der Waals surface area contributed by atoms with Gasteiger partial charge in [0.2, 0.25) is 5.91 Å². The van der Waals surface area contributed by atoms with Crippen LogP contribution in [0.5, 0.6) is 5.75 Å². The van der Waals surface area contributed by atoms with Gasteiger partial charge in [0, 0.05) is 5.56 Å². The summed E-state index contributed by atoms with van der Waals surface area (Å²) in [5.74, 6) is -0.412. The van der Waals surface area contributed by atoms with Crippen molar-refractivity contribution < 1.29 is 18.3 Å². The van der Waals surface area contributed by atoms with E-state index in [0.717, 1.165) is 5.56 Å². The molecule has 0 bridgehead atoms. The van der Waals surface area contributed by atoms with E-state index in [4.69, 9.17) is 4.74 Å². The first-order chi connectivity index (χ1) is 14.0. The first-order valence-corrected chi connectivity index (χ1v) is 9.52. The van der Waals surface area contributed by atoms with Crippen molar-refractivity contribution in [2.24, 2.45) is 5.10 Å². The summed E-state index contributed by atoms with van der Waals surface area (Å²) < 4.78 is 32.9. The number of carbonyl (C=O) groups excluding carboxylic acids is 1. The van der Waals surface area contributed by atoms with Crippen LogP contribution in [-0.4, -0.2) is 12.1 Å². The van der Waals surface area contributed by atoms with E-state index in [1.165, 1.54) is 24.4 Å². The SMILES string of the molecule is O=C(Cc1ccc(F)cc1)N/N=C/c1ccc(OCc2ccccc2F)c(Br)c1. The van der Waals surface area contributed by atoms with Crippen LogP contribution in [0.1, 0.15) is 16.7 Å². The van der Waals surface area contributed by atoms with Gasteiger partial charge in [-0.15, -0.1) is 0 Å². The van der Waals surface area contributed by atoms with Gasteiger partial charge in [-0.3, -0.25) is 4.79 Å². The Morgan fingerprint density at radius 3 is 2.55 bits per heavy atom. The number of halogens is 3. The van der Waals surface area contributed by atoms with Crippen molar-refractivity contribution in [3.8, 4) is 5.75 Å². The molecule has 0 aliphatic rings. The summed E-state index contributed by atoms with van der Waals surface area (Å²) >= 11 is 3.41. The second-order valence-electron chi connectivity index (χ2n) is 6.17. The summed E-state index contributed by atoms with van der Waals surface area (Å²) in [5.41, 5.74) is 4.32. The third-order valence-corrected chi connectivity index (χ3v) is 4.60. The highest BCUT2D eigenvalue weighted by Gasteiger charge is 2.06. The molecule has 148 valence electrons. The van der Waals surface area contributed by atoms with Gasteiger partial charge in [0.05, 0.1) is 17.1 Å². The predicted octanol–water partition coefficient (Wildman–Crippen LogP) is 5.00. The summed E-state index contributed by atoms with van der Waals surface area (Å²) in [5, 5.41) is 3.92. The molecule has 7 heteroatoms. The monoisotopic (exact) mass is 458 g/mol. The first kappa shape index (κ1) is 20.7. The Balaban J connectivity index is 1.53. The van der Waals surface area contributed by atoms with E-state index in [2.05, 4.69) is 26.5 Å². The molecule has 0 fully saturated rings. The molecular formula is C22H17BrF2N2O2. The van der Waals surface area contributed by atoms with Crippen LogP contribution in [0.25, 0.3) is 0 Å². The zero-order valence-electron chi connectivity index (χ0n) is 15.2. The van der Waals surface area contributed by atoms with Gasteiger partial charge >= 0.3 is 0 Å². The van der Waals surface area contributed by atoms with Gasteiger partial charge in [-0.25, -0.2) is 14.2 Å². The Morgan fingerprint density at radius 1 is 1.07 bits per heavy atom. The molecule has 0 saturated carbocycles. The molecule has 0 aliphatic carbocycles. The van der Waals surface area contributed by atoms with E-state index < -0.39 is 0 Å². The maximum atomic E-state index is 13.7. The minimum Gasteiger partial charge on any atom is -0.488 e. The second kappa shape index (κ2) is 9.93. The smallest absolute Gasteiger partial charge is 0.244 e. The summed E-state index contributed by atoms with van der Waals surface area (Å²) in [4.78, 5) is 11.9. The lowest BCUT2D eigenvalue weighted by Gasteiger charge is -2.09. The molecule has 0 spiro atoms. The molecule has 3 rings (SSSR count). The van der Waals surface area contributed by atoms with Gasteiger partial charge in [0.25, 0.3) is 0 Å². The number of hydrogen-bond donors (Lipinski definition) is 1. The molecule has 3 aromatic carbocycles. The fourth-order valence-corrected chi connectivity index (χ4v) is 3.00. The molecule has 0 saturated heterocycles. The largest absolute Gasteiger partial charge is 0.488 e. The van der Waals surface area contributed by atoms with Crippen LogP contribution < -0.4 is 10.2 Å². The van der Waals surface area contributed by atoms with Crippen LogP contribution in [0.3, 0.4) is 0 Å². The van der Waals surface area contributed by atoms with Crippen LogP contribution in [0.4, 0.5) is 8.78 Å². The van der Waals surface area contributed by atoms with E-state index in [1.54, 1.807) is 48.5 Å². The first-order valence-electron chi connectivity index (χ1n) is 8.73. The van der Waals surface area contributed by atoms with E-state index in [-0.39, 0.29) is 30.6 Å². The van der Waals surface area contributed by atoms with Crippen molar-refractivity contribution in [2.75, 3.05) is 0 Å². The molecule has 0 atom stereocenters. The lowest BCUT2D eigenvalue weighted by atomic mass is 10.1. The van der Waals surface area contributed by atoms with Crippen LogP contribution >= 0.6 is 15.9 Å². The van der Waals surface area contributed by atoms with Crippen molar-refractivity contribution in [3.05, 3.63) is 99.5 Å². The minimum absolute atomic E-state index is 0.101. The van der Waals surface area contributed by atoms with Crippen LogP contribution in [0.2, 0.25) is 0 Å². The summed E-state index contributed by atoms with van der Waals surface area (Å²) in [6, 6.07) is 17.4. The van der Waals surface area contributed by atoms with Crippen LogP contribution in [-0.2, 0) is 17.8 Å². The highest BCUT2D eigenvalue weighted by Crippen LogP contribution is 2.26. The number of benzene rings is 3. The van der Waals surface area contributed by atoms with E-state index in [0.29, 0.717) is 21.3 Å². The molecular weight excluding hydrogens is 442 g/mol. The molecule has 1 N–H and O–H groups in total. The van der Waals surface area contributed by atoms with Crippen LogP contribution in [0, 0.1) is 11.6 Å².